The number of hydrogen-bond donors (Lipinski definition) is 0. The molecule has 0 radical (unpaired) electrons. The zero-order chi connectivity index (χ0) is 14.9. The van der Waals surface area contributed by atoms with Crippen LogP contribution in [0.1, 0.15) is 24.1 Å². The van der Waals surface area contributed by atoms with Gasteiger partial charge in [-0.2, -0.15) is 0 Å². The number of rotatable bonds is 2. The Morgan fingerprint density at radius 2 is 1.73 bits per heavy atom. The lowest BCUT2D eigenvalue weighted by atomic mass is 9.86. The third kappa shape index (κ3) is 2.07. The minimum atomic E-state index is 0.914. The Kier molecular flexibility index (Phi) is 3.30. The van der Waals surface area contributed by atoms with Crippen LogP contribution < -0.4 is 4.74 Å². The fraction of sp³-hybridized carbons (Fsp3) is 0.250. The Balaban J connectivity index is 2.14. The number of benzene rings is 2. The van der Waals surface area contributed by atoms with Gasteiger partial charge >= 0.3 is 0 Å². The summed E-state index contributed by atoms with van der Waals surface area (Å²) in [4.78, 5) is 4.93. The SMILES string of the molecule is COc1cccc2nc3c(c(-c4ccccc4)c12)CCCC3. The standard InChI is InChI=1S/C20H19NO/c1-22-18-13-7-12-17-20(18)19(14-8-3-2-4-9-14)15-10-5-6-11-16(15)21-17/h2-4,7-9,12-13H,5-6,10-11H2,1H3. The fourth-order valence-corrected chi connectivity index (χ4v) is 3.54. The van der Waals surface area contributed by atoms with Gasteiger partial charge in [-0.3, -0.25) is 4.98 Å². The minimum Gasteiger partial charge on any atom is -0.496 e. The number of pyridine rings is 1. The smallest absolute Gasteiger partial charge is 0.128 e. The number of methoxy groups -OCH3 is 1. The lowest BCUT2D eigenvalue weighted by molar-refractivity contribution is 0.420. The van der Waals surface area contributed by atoms with Gasteiger partial charge in [0, 0.05) is 5.69 Å². The molecule has 1 aromatic heterocycles. The van der Waals surface area contributed by atoms with Gasteiger partial charge in [0.2, 0.25) is 0 Å². The van der Waals surface area contributed by atoms with Crippen LogP contribution in [-0.2, 0) is 12.8 Å². The zero-order valence-electron chi connectivity index (χ0n) is 12.8. The summed E-state index contributed by atoms with van der Waals surface area (Å²) in [7, 11) is 1.74. The quantitative estimate of drug-likeness (QED) is 0.676. The van der Waals surface area contributed by atoms with Gasteiger partial charge in [-0.1, -0.05) is 36.4 Å². The molecule has 0 unspecified atom stereocenters. The number of aromatic nitrogens is 1. The maximum absolute atomic E-state index is 5.64. The molecule has 0 amide bonds. The number of ether oxygens (including phenoxy) is 1. The van der Waals surface area contributed by atoms with E-state index >= 15 is 0 Å². The Labute approximate surface area is 130 Å². The van der Waals surface area contributed by atoms with E-state index in [2.05, 4.69) is 36.4 Å². The molecule has 2 heteroatoms. The monoisotopic (exact) mass is 289 g/mol. The second-order valence-corrected chi connectivity index (χ2v) is 5.84. The first kappa shape index (κ1) is 13.3. The van der Waals surface area contributed by atoms with Gasteiger partial charge in [-0.05, 0) is 54.5 Å². The molecule has 110 valence electrons. The molecule has 0 saturated carbocycles. The zero-order valence-corrected chi connectivity index (χ0v) is 12.8. The van der Waals surface area contributed by atoms with E-state index in [1.54, 1.807) is 7.11 Å². The summed E-state index contributed by atoms with van der Waals surface area (Å²) in [5, 5.41) is 1.15. The number of aryl methyl sites for hydroxylation is 1. The highest BCUT2D eigenvalue weighted by atomic mass is 16.5. The number of nitrogens with zero attached hydrogens (tertiary/aromatic N) is 1. The number of fused-ring (bicyclic) bond motifs is 2. The molecule has 1 aliphatic rings. The largest absolute Gasteiger partial charge is 0.496 e. The van der Waals surface area contributed by atoms with Gasteiger partial charge in [0.05, 0.1) is 18.0 Å². The first-order chi connectivity index (χ1) is 10.9. The molecule has 0 saturated heterocycles. The van der Waals surface area contributed by atoms with Crippen LogP contribution in [0.2, 0.25) is 0 Å². The highest BCUT2D eigenvalue weighted by Gasteiger charge is 2.21. The molecule has 0 N–H and O–H groups in total. The lowest BCUT2D eigenvalue weighted by Crippen LogP contribution is -2.08. The fourth-order valence-electron chi connectivity index (χ4n) is 3.54. The van der Waals surface area contributed by atoms with Crippen molar-refractivity contribution in [3.05, 3.63) is 59.8 Å². The molecule has 22 heavy (non-hydrogen) atoms. The molecule has 0 bridgehead atoms. The van der Waals surface area contributed by atoms with Crippen molar-refractivity contribution < 1.29 is 4.74 Å². The number of hydrogen-bond acceptors (Lipinski definition) is 2. The van der Waals surface area contributed by atoms with E-state index in [4.69, 9.17) is 9.72 Å². The topological polar surface area (TPSA) is 22.1 Å². The van der Waals surface area contributed by atoms with E-state index in [9.17, 15) is 0 Å². The lowest BCUT2D eigenvalue weighted by Gasteiger charge is -2.22. The molecule has 1 heterocycles. The van der Waals surface area contributed by atoms with Gasteiger partial charge in [0.25, 0.3) is 0 Å². The molecule has 4 rings (SSSR count). The van der Waals surface area contributed by atoms with Crippen LogP contribution in [0.25, 0.3) is 22.0 Å². The summed E-state index contributed by atoms with van der Waals surface area (Å²) in [6, 6.07) is 16.8. The van der Waals surface area contributed by atoms with E-state index in [0.717, 1.165) is 29.5 Å². The molecule has 3 aromatic rings. The molecule has 0 atom stereocenters. The molecule has 2 aromatic carbocycles. The third-order valence-corrected chi connectivity index (χ3v) is 4.53. The van der Waals surface area contributed by atoms with Crippen LogP contribution in [0.4, 0.5) is 0 Å². The molecule has 0 spiro atoms. The molecular formula is C20H19NO. The first-order valence-electron chi connectivity index (χ1n) is 7.92. The second-order valence-electron chi connectivity index (χ2n) is 5.84. The van der Waals surface area contributed by atoms with Gasteiger partial charge in [-0.15, -0.1) is 0 Å². The van der Waals surface area contributed by atoms with Crippen molar-refractivity contribution in [2.24, 2.45) is 0 Å². The molecule has 2 nitrogen and oxygen atoms in total. The van der Waals surface area contributed by atoms with Crippen LogP contribution in [0.15, 0.2) is 48.5 Å². The molecule has 1 aliphatic carbocycles. The maximum atomic E-state index is 5.64. The molecular weight excluding hydrogens is 270 g/mol. The van der Waals surface area contributed by atoms with Crippen molar-refractivity contribution in [1.29, 1.82) is 0 Å². The van der Waals surface area contributed by atoms with Crippen molar-refractivity contribution in [2.75, 3.05) is 7.11 Å². The average molecular weight is 289 g/mol. The predicted octanol–water partition coefficient (Wildman–Crippen LogP) is 4.79. The highest BCUT2D eigenvalue weighted by Crippen LogP contribution is 2.40. The van der Waals surface area contributed by atoms with Crippen molar-refractivity contribution in [2.45, 2.75) is 25.7 Å². The summed E-state index contributed by atoms with van der Waals surface area (Å²) in [5.41, 5.74) is 6.30. The summed E-state index contributed by atoms with van der Waals surface area (Å²) in [6.07, 6.45) is 4.68. The summed E-state index contributed by atoms with van der Waals surface area (Å²) in [6.45, 7) is 0. The molecule has 0 fully saturated rings. The van der Waals surface area contributed by atoms with Crippen molar-refractivity contribution in [3.8, 4) is 16.9 Å². The second kappa shape index (κ2) is 5.45. The molecule has 0 aliphatic heterocycles. The van der Waals surface area contributed by atoms with Crippen molar-refractivity contribution in [1.82, 2.24) is 4.98 Å². The van der Waals surface area contributed by atoms with Crippen LogP contribution in [-0.4, -0.2) is 12.1 Å². The summed E-state index contributed by atoms with van der Waals surface area (Å²) >= 11 is 0. The van der Waals surface area contributed by atoms with Crippen LogP contribution in [0, 0.1) is 0 Å². The third-order valence-electron chi connectivity index (χ3n) is 4.53. The van der Waals surface area contributed by atoms with Gasteiger partial charge < -0.3 is 4.74 Å². The Morgan fingerprint density at radius 1 is 0.909 bits per heavy atom. The Hall–Kier alpha value is -2.35. The Morgan fingerprint density at radius 3 is 2.55 bits per heavy atom. The van der Waals surface area contributed by atoms with Gasteiger partial charge in [-0.25, -0.2) is 0 Å². The van der Waals surface area contributed by atoms with Crippen LogP contribution >= 0.6 is 0 Å². The normalized spacial score (nSPS) is 13.9. The van der Waals surface area contributed by atoms with E-state index in [0.29, 0.717) is 0 Å². The van der Waals surface area contributed by atoms with E-state index < -0.39 is 0 Å². The van der Waals surface area contributed by atoms with Gasteiger partial charge in [0.1, 0.15) is 5.75 Å². The van der Waals surface area contributed by atoms with E-state index in [1.165, 1.54) is 35.2 Å². The van der Waals surface area contributed by atoms with Crippen LogP contribution in [0.5, 0.6) is 5.75 Å². The highest BCUT2D eigenvalue weighted by molar-refractivity contribution is 6.01. The maximum Gasteiger partial charge on any atom is 0.128 e. The summed E-state index contributed by atoms with van der Waals surface area (Å²) in [5.74, 6) is 0.914. The van der Waals surface area contributed by atoms with Crippen molar-refractivity contribution in [3.63, 3.8) is 0 Å². The van der Waals surface area contributed by atoms with Crippen molar-refractivity contribution >= 4 is 10.9 Å². The first-order valence-corrected chi connectivity index (χ1v) is 7.92. The minimum absolute atomic E-state index is 0.914. The van der Waals surface area contributed by atoms with E-state index in [1.807, 2.05) is 12.1 Å². The summed E-state index contributed by atoms with van der Waals surface area (Å²) < 4.78 is 5.64. The Bertz CT molecular complexity index is 824. The van der Waals surface area contributed by atoms with E-state index in [-0.39, 0.29) is 0 Å². The van der Waals surface area contributed by atoms with Gasteiger partial charge in [0.15, 0.2) is 0 Å². The predicted molar refractivity (Wildman–Crippen MR) is 90.4 cm³/mol. The average Bonchev–Trinajstić information content (AvgIpc) is 2.59. The van der Waals surface area contributed by atoms with Crippen LogP contribution in [0.3, 0.4) is 0 Å².